The number of anilines is 2. The first-order valence-corrected chi connectivity index (χ1v) is 13.1. The molecule has 2 amide bonds. The van der Waals surface area contributed by atoms with Gasteiger partial charge in [0.2, 0.25) is 16.9 Å². The lowest BCUT2D eigenvalue weighted by atomic mass is 10.1. The number of amides is 2. The Morgan fingerprint density at radius 1 is 0.919 bits per heavy atom. The molecule has 37 heavy (non-hydrogen) atoms. The zero-order valence-corrected chi connectivity index (χ0v) is 21.6. The molecule has 3 aromatic rings. The minimum absolute atomic E-state index is 0.103. The van der Waals surface area contributed by atoms with Gasteiger partial charge >= 0.3 is 0 Å². The Balaban J connectivity index is 1.36. The van der Waals surface area contributed by atoms with Crippen LogP contribution in [0.4, 0.5) is 10.9 Å². The number of unbranched alkanes of at least 4 members (excludes halogenated alkanes) is 1. The molecule has 0 unspecified atom stereocenters. The SMILES string of the molecule is C=CCCOc1cccc(CC(=O)Nc2nnc(CCCCc3ccc(NC(=O)CCC=C)nn3)s2)c1. The average Bonchev–Trinajstić information content (AvgIpc) is 3.33. The highest BCUT2D eigenvalue weighted by atomic mass is 32.1. The summed E-state index contributed by atoms with van der Waals surface area (Å²) in [7, 11) is 0. The molecular weight excluding hydrogens is 488 g/mol. The third-order valence-corrected chi connectivity index (χ3v) is 6.10. The zero-order valence-electron chi connectivity index (χ0n) is 20.8. The first-order chi connectivity index (χ1) is 18.1. The van der Waals surface area contributed by atoms with E-state index in [1.54, 1.807) is 18.2 Å². The van der Waals surface area contributed by atoms with Crippen molar-refractivity contribution in [3.05, 3.63) is 78.0 Å². The number of nitrogens with zero attached hydrogens (tertiary/aromatic N) is 4. The minimum atomic E-state index is -0.148. The summed E-state index contributed by atoms with van der Waals surface area (Å²) in [6, 6.07) is 11.1. The van der Waals surface area contributed by atoms with E-state index < -0.39 is 0 Å². The quantitative estimate of drug-likeness (QED) is 0.203. The number of allylic oxidation sites excluding steroid dienone is 1. The fraction of sp³-hybridized carbons (Fsp3) is 0.333. The average molecular weight is 521 g/mol. The largest absolute Gasteiger partial charge is 0.493 e. The Kier molecular flexibility index (Phi) is 11.4. The summed E-state index contributed by atoms with van der Waals surface area (Å²) in [6.45, 7) is 7.84. The molecule has 0 saturated carbocycles. The Labute approximate surface area is 221 Å². The maximum absolute atomic E-state index is 12.4. The summed E-state index contributed by atoms with van der Waals surface area (Å²) in [5, 5.41) is 23.4. The Morgan fingerprint density at radius 2 is 1.76 bits per heavy atom. The van der Waals surface area contributed by atoms with Gasteiger partial charge < -0.3 is 15.4 Å². The second-order valence-corrected chi connectivity index (χ2v) is 9.35. The van der Waals surface area contributed by atoms with Gasteiger partial charge in [-0.25, -0.2) is 0 Å². The number of aromatic nitrogens is 4. The maximum Gasteiger partial charge on any atom is 0.230 e. The van der Waals surface area contributed by atoms with Crippen LogP contribution >= 0.6 is 11.3 Å². The molecule has 9 nitrogen and oxygen atoms in total. The van der Waals surface area contributed by atoms with Crippen LogP contribution in [0.25, 0.3) is 0 Å². The molecule has 0 radical (unpaired) electrons. The van der Waals surface area contributed by atoms with Gasteiger partial charge in [0.15, 0.2) is 5.82 Å². The maximum atomic E-state index is 12.4. The number of rotatable bonds is 16. The summed E-state index contributed by atoms with van der Waals surface area (Å²) in [5.74, 6) is 0.933. The fourth-order valence-corrected chi connectivity index (χ4v) is 4.14. The van der Waals surface area contributed by atoms with Crippen LogP contribution in [0.1, 0.15) is 48.4 Å². The van der Waals surface area contributed by atoms with Gasteiger partial charge in [-0.05, 0) is 61.9 Å². The highest BCUT2D eigenvalue weighted by Gasteiger charge is 2.10. The molecule has 2 heterocycles. The molecule has 0 aliphatic heterocycles. The molecule has 0 aliphatic carbocycles. The number of carbonyl (C=O) groups is 2. The fourth-order valence-electron chi connectivity index (χ4n) is 3.34. The van der Waals surface area contributed by atoms with Crippen LogP contribution in [-0.2, 0) is 28.9 Å². The molecule has 1 aromatic carbocycles. The summed E-state index contributed by atoms with van der Waals surface area (Å²) in [4.78, 5) is 24.2. The van der Waals surface area contributed by atoms with E-state index in [9.17, 15) is 9.59 Å². The lowest BCUT2D eigenvalue weighted by Gasteiger charge is -2.07. The van der Waals surface area contributed by atoms with Gasteiger partial charge in [0.25, 0.3) is 0 Å². The summed E-state index contributed by atoms with van der Waals surface area (Å²) < 4.78 is 5.65. The van der Waals surface area contributed by atoms with Crippen molar-refractivity contribution in [3.63, 3.8) is 0 Å². The van der Waals surface area contributed by atoms with Crippen LogP contribution in [0.2, 0.25) is 0 Å². The monoisotopic (exact) mass is 520 g/mol. The van der Waals surface area contributed by atoms with E-state index in [1.807, 2.05) is 30.3 Å². The van der Waals surface area contributed by atoms with Gasteiger partial charge in [-0.2, -0.15) is 5.10 Å². The van der Waals surface area contributed by atoms with Crippen LogP contribution in [0.5, 0.6) is 5.75 Å². The van der Waals surface area contributed by atoms with Crippen molar-refractivity contribution in [1.82, 2.24) is 20.4 Å². The molecule has 0 saturated heterocycles. The first-order valence-electron chi connectivity index (χ1n) is 12.2. The van der Waals surface area contributed by atoms with Gasteiger partial charge in [-0.1, -0.05) is 35.6 Å². The van der Waals surface area contributed by atoms with E-state index in [0.717, 1.165) is 54.1 Å². The Hall–Kier alpha value is -3.92. The standard InChI is InChI=1S/C27H32N6O3S/c1-3-5-13-24(34)28-23-16-15-21(30-31-23)11-7-8-14-26-32-33-27(37-26)29-25(35)19-20-10-9-12-22(18-20)36-17-6-4-2/h3-4,9-10,12,15-16,18H,1-2,5-8,11,13-14,17,19H2,(H,28,31,34)(H,29,33,35). The van der Waals surface area contributed by atoms with Gasteiger partial charge in [0.05, 0.1) is 18.7 Å². The van der Waals surface area contributed by atoms with Crippen molar-refractivity contribution in [3.8, 4) is 5.75 Å². The minimum Gasteiger partial charge on any atom is -0.493 e. The van der Waals surface area contributed by atoms with Gasteiger partial charge in [-0.15, -0.1) is 28.5 Å². The van der Waals surface area contributed by atoms with E-state index in [2.05, 4.69) is 44.2 Å². The van der Waals surface area contributed by atoms with Crippen LogP contribution in [0, 0.1) is 0 Å². The van der Waals surface area contributed by atoms with Crippen molar-refractivity contribution < 1.29 is 14.3 Å². The lowest BCUT2D eigenvalue weighted by Crippen LogP contribution is -2.14. The zero-order chi connectivity index (χ0) is 26.3. The van der Waals surface area contributed by atoms with Gasteiger partial charge in [0, 0.05) is 12.8 Å². The molecule has 0 bridgehead atoms. The van der Waals surface area contributed by atoms with E-state index >= 15 is 0 Å². The molecule has 0 atom stereocenters. The summed E-state index contributed by atoms with van der Waals surface area (Å²) in [5.41, 5.74) is 1.73. The number of ether oxygens (including phenoxy) is 1. The number of aryl methyl sites for hydroxylation is 2. The van der Waals surface area contributed by atoms with Crippen LogP contribution in [0.3, 0.4) is 0 Å². The van der Waals surface area contributed by atoms with E-state index in [-0.39, 0.29) is 18.2 Å². The first kappa shape index (κ1) is 27.7. The van der Waals surface area contributed by atoms with Crippen LogP contribution in [0.15, 0.2) is 61.7 Å². The smallest absolute Gasteiger partial charge is 0.230 e. The van der Waals surface area contributed by atoms with Crippen molar-refractivity contribution in [2.45, 2.75) is 51.4 Å². The Bertz CT molecular complexity index is 1180. The number of nitrogens with one attached hydrogen (secondary N) is 2. The van der Waals surface area contributed by atoms with Crippen molar-refractivity contribution in [2.75, 3.05) is 17.2 Å². The summed E-state index contributed by atoms with van der Waals surface area (Å²) in [6.07, 6.45) is 8.86. The second-order valence-electron chi connectivity index (χ2n) is 8.29. The topological polar surface area (TPSA) is 119 Å². The number of carbonyl (C=O) groups excluding carboxylic acids is 2. The summed E-state index contributed by atoms with van der Waals surface area (Å²) >= 11 is 1.39. The van der Waals surface area contributed by atoms with E-state index in [0.29, 0.717) is 30.4 Å². The van der Waals surface area contributed by atoms with E-state index in [1.165, 1.54) is 11.3 Å². The molecule has 0 fully saturated rings. The normalized spacial score (nSPS) is 10.5. The predicted molar refractivity (Wildman–Crippen MR) is 146 cm³/mol. The lowest BCUT2D eigenvalue weighted by molar-refractivity contribution is -0.116. The van der Waals surface area contributed by atoms with Crippen molar-refractivity contribution >= 4 is 34.1 Å². The third-order valence-electron chi connectivity index (χ3n) is 5.20. The molecule has 2 aromatic heterocycles. The predicted octanol–water partition coefficient (Wildman–Crippen LogP) is 4.93. The highest BCUT2D eigenvalue weighted by Crippen LogP contribution is 2.19. The Morgan fingerprint density at radius 3 is 2.54 bits per heavy atom. The third kappa shape index (κ3) is 10.3. The second kappa shape index (κ2) is 15.2. The molecule has 0 spiro atoms. The molecule has 194 valence electrons. The van der Waals surface area contributed by atoms with Crippen LogP contribution < -0.4 is 15.4 Å². The van der Waals surface area contributed by atoms with Crippen molar-refractivity contribution in [1.29, 1.82) is 0 Å². The van der Waals surface area contributed by atoms with Crippen LogP contribution in [-0.4, -0.2) is 38.8 Å². The number of hydrogen-bond donors (Lipinski definition) is 2. The molecule has 2 N–H and O–H groups in total. The molecular formula is C27H32N6O3S. The van der Waals surface area contributed by atoms with Gasteiger partial charge in [0.1, 0.15) is 10.8 Å². The van der Waals surface area contributed by atoms with E-state index in [4.69, 9.17) is 4.74 Å². The molecule has 3 rings (SSSR count). The molecule has 0 aliphatic rings. The van der Waals surface area contributed by atoms with Crippen molar-refractivity contribution in [2.24, 2.45) is 0 Å². The number of benzene rings is 1. The molecule has 10 heteroatoms. The highest BCUT2D eigenvalue weighted by molar-refractivity contribution is 7.15. The number of hydrogen-bond acceptors (Lipinski definition) is 8. The van der Waals surface area contributed by atoms with Gasteiger partial charge in [-0.3, -0.25) is 9.59 Å².